The summed E-state index contributed by atoms with van der Waals surface area (Å²) in [6, 6.07) is 6.93. The molecule has 10 atom stereocenters. The number of aromatic amines is 1. The number of H-pyrrole nitrogens is 1. The molecule has 1 aromatic heterocycles. The van der Waals surface area contributed by atoms with E-state index in [2.05, 4.69) is 5.32 Å². The van der Waals surface area contributed by atoms with E-state index in [0.717, 1.165) is 33.7 Å². The van der Waals surface area contributed by atoms with Crippen LogP contribution in [0.2, 0.25) is 0 Å². The van der Waals surface area contributed by atoms with Gasteiger partial charge in [0.25, 0.3) is 11.5 Å². The molecule has 0 spiro atoms. The van der Waals surface area contributed by atoms with Crippen molar-refractivity contribution in [1.29, 1.82) is 0 Å². The van der Waals surface area contributed by atoms with E-state index in [0.29, 0.717) is 5.69 Å². The van der Waals surface area contributed by atoms with Crippen molar-refractivity contribution in [2.24, 2.45) is 5.73 Å². The Bertz CT molecular complexity index is 1600. The van der Waals surface area contributed by atoms with Crippen LogP contribution in [0.1, 0.15) is 18.7 Å². The summed E-state index contributed by atoms with van der Waals surface area (Å²) >= 11 is 0. The van der Waals surface area contributed by atoms with E-state index < -0.39 is 84.4 Å². The SMILES string of the molecule is CCc1ccc(NC(=O)C2=CCN(C)[C@@H]([C@H](O[C@@H]3O[C@H](CN)[C@@H](O)[C@H]3O)[C@H]3O[C@@H](n4ccc(=O)[nH]c4=O)[C@H](O)[C@@H]3O)C(=O)N2C)cc1. The first-order valence-corrected chi connectivity index (χ1v) is 15.1. The largest absolute Gasteiger partial charge is 0.387 e. The van der Waals surface area contributed by atoms with Crippen LogP contribution >= 0.6 is 0 Å². The summed E-state index contributed by atoms with van der Waals surface area (Å²) in [6.07, 6.45) is -10.3. The van der Waals surface area contributed by atoms with Crippen molar-refractivity contribution in [3.8, 4) is 0 Å². The van der Waals surface area contributed by atoms with E-state index in [4.69, 9.17) is 19.9 Å². The molecule has 0 saturated carbocycles. The lowest BCUT2D eigenvalue weighted by molar-refractivity contribution is -0.232. The van der Waals surface area contributed by atoms with Crippen LogP contribution in [-0.2, 0) is 30.2 Å². The number of nitrogens with two attached hydrogens (primary N) is 1. The molecule has 0 aliphatic carbocycles. The molecule has 0 radical (unpaired) electrons. The Balaban J connectivity index is 1.46. The lowest BCUT2D eigenvalue weighted by Gasteiger charge is -2.38. The number of ether oxygens (including phenoxy) is 3. The van der Waals surface area contributed by atoms with E-state index in [9.17, 15) is 39.6 Å². The maximum atomic E-state index is 14.2. The summed E-state index contributed by atoms with van der Waals surface area (Å²) < 4.78 is 18.6. The molecular weight excluding hydrogens is 620 g/mol. The molecule has 0 unspecified atom stereocenters. The number of anilines is 1. The van der Waals surface area contributed by atoms with Gasteiger partial charge in [-0.2, -0.15) is 0 Å². The van der Waals surface area contributed by atoms with E-state index in [1.807, 2.05) is 24.0 Å². The number of rotatable bonds is 9. The number of nitrogens with zero attached hydrogens (tertiary/aromatic N) is 3. The number of carbonyl (C=O) groups is 2. The molecule has 17 nitrogen and oxygen atoms in total. The Morgan fingerprint density at radius 3 is 2.36 bits per heavy atom. The number of carbonyl (C=O) groups excluding carboxylic acids is 2. The van der Waals surface area contributed by atoms with Gasteiger partial charge in [0.15, 0.2) is 12.5 Å². The average Bonchev–Trinajstić information content (AvgIpc) is 3.45. The van der Waals surface area contributed by atoms with Crippen molar-refractivity contribution in [2.45, 2.75) is 74.6 Å². The van der Waals surface area contributed by atoms with Gasteiger partial charge in [-0.15, -0.1) is 0 Å². The predicted octanol–water partition coefficient (Wildman–Crippen LogP) is -3.20. The quantitative estimate of drug-likeness (QED) is 0.140. The van der Waals surface area contributed by atoms with Crippen LogP contribution in [0, 0.1) is 0 Å². The van der Waals surface area contributed by atoms with Crippen LogP contribution < -0.4 is 22.3 Å². The van der Waals surface area contributed by atoms with Gasteiger partial charge in [0.2, 0.25) is 5.91 Å². The van der Waals surface area contributed by atoms with Gasteiger partial charge >= 0.3 is 5.69 Å². The highest BCUT2D eigenvalue weighted by atomic mass is 16.7. The molecule has 4 heterocycles. The van der Waals surface area contributed by atoms with Crippen molar-refractivity contribution in [3.63, 3.8) is 0 Å². The number of hydrogen-bond acceptors (Lipinski definition) is 13. The van der Waals surface area contributed by atoms with Crippen LogP contribution in [0.5, 0.6) is 0 Å². The van der Waals surface area contributed by atoms with E-state index in [1.165, 1.54) is 18.0 Å². The van der Waals surface area contributed by atoms with Crippen LogP contribution in [0.25, 0.3) is 0 Å². The monoisotopic (exact) mass is 660 g/mol. The third kappa shape index (κ3) is 6.80. The fourth-order valence-corrected chi connectivity index (χ4v) is 5.96. The summed E-state index contributed by atoms with van der Waals surface area (Å²) in [4.78, 5) is 56.4. The first-order valence-electron chi connectivity index (χ1n) is 15.1. The molecule has 0 bridgehead atoms. The maximum Gasteiger partial charge on any atom is 0.330 e. The minimum atomic E-state index is -1.77. The first kappa shape index (κ1) is 34.6. The lowest BCUT2D eigenvalue weighted by Crippen LogP contribution is -2.59. The van der Waals surface area contributed by atoms with Gasteiger partial charge in [-0.3, -0.25) is 28.8 Å². The van der Waals surface area contributed by atoms with Gasteiger partial charge in [-0.1, -0.05) is 19.1 Å². The number of aliphatic hydroxyl groups is 4. The summed E-state index contributed by atoms with van der Waals surface area (Å²) in [5, 5.41) is 46.2. The van der Waals surface area contributed by atoms with Crippen molar-refractivity contribution < 1.29 is 44.2 Å². The van der Waals surface area contributed by atoms with Gasteiger partial charge in [0.05, 0.1) is 0 Å². The highest BCUT2D eigenvalue weighted by Crippen LogP contribution is 2.36. The van der Waals surface area contributed by atoms with Gasteiger partial charge in [-0.05, 0) is 37.2 Å². The van der Waals surface area contributed by atoms with Crippen LogP contribution in [-0.4, -0.2) is 134 Å². The Labute approximate surface area is 268 Å². The summed E-state index contributed by atoms with van der Waals surface area (Å²) in [6.45, 7) is 1.86. The van der Waals surface area contributed by atoms with Gasteiger partial charge in [-0.25, -0.2) is 4.79 Å². The minimum absolute atomic E-state index is 0.0176. The molecule has 5 rings (SSSR count). The Morgan fingerprint density at radius 2 is 1.74 bits per heavy atom. The zero-order chi connectivity index (χ0) is 34.2. The highest BCUT2D eigenvalue weighted by Gasteiger charge is 2.55. The molecule has 3 aliphatic rings. The molecule has 2 amide bonds. The lowest BCUT2D eigenvalue weighted by atomic mass is 9.97. The maximum absolute atomic E-state index is 14.2. The Hall–Kier alpha value is -3.78. The fourth-order valence-electron chi connectivity index (χ4n) is 5.96. The third-order valence-corrected chi connectivity index (χ3v) is 8.72. The zero-order valence-corrected chi connectivity index (χ0v) is 26.0. The number of likely N-dealkylation sites (N-methyl/N-ethyl adjacent to an activating group) is 2. The van der Waals surface area contributed by atoms with Crippen LogP contribution in [0.4, 0.5) is 5.69 Å². The normalized spacial score (nSPS) is 32.3. The molecule has 2 aromatic rings. The van der Waals surface area contributed by atoms with E-state index >= 15 is 0 Å². The number of aliphatic hydroxyl groups excluding tert-OH is 4. The molecule has 47 heavy (non-hydrogen) atoms. The molecule has 2 fully saturated rings. The molecule has 8 N–H and O–H groups in total. The standard InChI is InChI=1S/C30H40N6O11/c1-4-14-5-7-15(8-6-14)32-26(42)16-9-11-34(2)19(27(43)35(16)3)24(47-29-23(41)20(38)17(13-31)45-29)25-21(39)22(40)28(46-25)36-12-10-18(37)33-30(36)44/h5-10,12,17,19-25,28-29,38-41H,4,11,13,31H2,1-3H3,(H,32,42)(H,33,37,44)/t17-,19+,20-,21+,22-,23-,24+,25+,28-,29+/m1/s1. The minimum Gasteiger partial charge on any atom is -0.387 e. The molecule has 2 saturated heterocycles. The van der Waals surface area contributed by atoms with E-state index in [1.54, 1.807) is 19.2 Å². The van der Waals surface area contributed by atoms with Crippen molar-refractivity contribution in [3.05, 3.63) is 74.7 Å². The first-order chi connectivity index (χ1) is 22.4. The number of aryl methyl sites for hydroxylation is 1. The number of hydrogen-bond donors (Lipinski definition) is 7. The smallest absolute Gasteiger partial charge is 0.330 e. The van der Waals surface area contributed by atoms with Crippen LogP contribution in [0.15, 0.2) is 57.9 Å². The third-order valence-electron chi connectivity index (χ3n) is 8.72. The fraction of sp³-hybridized carbons (Fsp3) is 0.533. The number of benzene rings is 1. The second kappa shape index (κ2) is 14.1. The average molecular weight is 661 g/mol. The number of amides is 2. The predicted molar refractivity (Wildman–Crippen MR) is 164 cm³/mol. The molecule has 3 aliphatic heterocycles. The summed E-state index contributed by atoms with van der Waals surface area (Å²) in [7, 11) is 2.94. The molecule has 1 aromatic carbocycles. The van der Waals surface area contributed by atoms with Crippen molar-refractivity contribution in [1.82, 2.24) is 19.4 Å². The highest BCUT2D eigenvalue weighted by molar-refractivity contribution is 6.06. The topological polar surface area (TPSA) is 242 Å². The summed E-state index contributed by atoms with van der Waals surface area (Å²) in [5.41, 5.74) is 5.66. The zero-order valence-electron chi connectivity index (χ0n) is 26.0. The van der Waals surface area contributed by atoms with Gasteiger partial charge < -0.3 is 50.6 Å². The van der Waals surface area contributed by atoms with Gasteiger partial charge in [0.1, 0.15) is 54.5 Å². The second-order valence-corrected chi connectivity index (χ2v) is 11.7. The molecule has 256 valence electrons. The van der Waals surface area contributed by atoms with E-state index in [-0.39, 0.29) is 18.8 Å². The van der Waals surface area contributed by atoms with Crippen molar-refractivity contribution in [2.75, 3.05) is 32.5 Å². The second-order valence-electron chi connectivity index (χ2n) is 11.7. The Morgan fingerprint density at radius 1 is 1.04 bits per heavy atom. The Kier molecular flexibility index (Phi) is 10.4. The number of aromatic nitrogens is 2. The summed E-state index contributed by atoms with van der Waals surface area (Å²) in [5.74, 6) is -1.25. The van der Waals surface area contributed by atoms with Gasteiger partial charge in [0, 0.05) is 38.1 Å². The van der Waals surface area contributed by atoms with Crippen molar-refractivity contribution >= 4 is 17.5 Å². The number of nitrogens with one attached hydrogen (secondary N) is 2. The molecular formula is C30H40N6O11. The molecule has 17 heteroatoms. The van der Waals surface area contributed by atoms with Crippen LogP contribution in [0.3, 0.4) is 0 Å².